The van der Waals surface area contributed by atoms with Crippen molar-refractivity contribution in [1.82, 2.24) is 4.90 Å². The van der Waals surface area contributed by atoms with Gasteiger partial charge in [0.2, 0.25) is 0 Å². The normalized spacial score (nSPS) is 17.7. The number of furan rings is 1. The van der Waals surface area contributed by atoms with Gasteiger partial charge in [0.1, 0.15) is 29.1 Å². The lowest BCUT2D eigenvalue weighted by atomic mass is 9.99. The molecular weight excluding hydrogens is 406 g/mol. The number of aliphatic hydroxyl groups is 1. The maximum atomic E-state index is 13.0. The lowest BCUT2D eigenvalue weighted by molar-refractivity contribution is -0.140. The van der Waals surface area contributed by atoms with Crippen LogP contribution < -0.4 is 4.74 Å². The zero-order chi connectivity index (χ0) is 22.7. The molecule has 0 saturated carbocycles. The predicted octanol–water partition coefficient (Wildman–Crippen LogP) is 4.65. The number of amides is 1. The number of aryl methyl sites for hydroxylation is 1. The van der Waals surface area contributed by atoms with E-state index in [9.17, 15) is 14.7 Å². The monoisotopic (exact) mass is 431 g/mol. The Labute approximate surface area is 186 Å². The number of hydrogen-bond donors (Lipinski definition) is 1. The standard InChI is InChI=1S/C26H25NO5/c1-3-31-20-12-10-19(11-13-20)24(28)22-23(21-14-9-17(2)32-21)27(26(30)25(22)29)16-15-18-7-5-4-6-8-18/h4-14,23,28H,3,15-16H2,1-2H3/t23-/m0/s1. The first-order chi connectivity index (χ1) is 15.5. The fourth-order valence-electron chi connectivity index (χ4n) is 3.93. The highest BCUT2D eigenvalue weighted by Crippen LogP contribution is 2.40. The van der Waals surface area contributed by atoms with Crippen LogP contribution in [0.15, 0.2) is 76.7 Å². The Kier molecular flexibility index (Phi) is 6.12. The molecule has 32 heavy (non-hydrogen) atoms. The third kappa shape index (κ3) is 4.17. The number of carbonyl (C=O) groups is 2. The van der Waals surface area contributed by atoms with Gasteiger partial charge >= 0.3 is 0 Å². The number of likely N-dealkylation sites (tertiary alicyclic amines) is 1. The van der Waals surface area contributed by atoms with Gasteiger partial charge in [0.15, 0.2) is 0 Å². The number of benzene rings is 2. The van der Waals surface area contributed by atoms with E-state index in [0.717, 1.165) is 5.56 Å². The van der Waals surface area contributed by atoms with Crippen LogP contribution in [0.1, 0.15) is 35.6 Å². The van der Waals surface area contributed by atoms with Crippen molar-refractivity contribution in [3.05, 3.63) is 95.0 Å². The molecule has 6 nitrogen and oxygen atoms in total. The van der Waals surface area contributed by atoms with Crippen LogP contribution in [-0.2, 0) is 16.0 Å². The zero-order valence-corrected chi connectivity index (χ0v) is 18.1. The Morgan fingerprint density at radius 2 is 1.75 bits per heavy atom. The van der Waals surface area contributed by atoms with Crippen LogP contribution in [0.4, 0.5) is 0 Å². The van der Waals surface area contributed by atoms with Crippen molar-refractivity contribution in [3.63, 3.8) is 0 Å². The number of nitrogens with zero attached hydrogens (tertiary/aromatic N) is 1. The predicted molar refractivity (Wildman–Crippen MR) is 120 cm³/mol. The van der Waals surface area contributed by atoms with Gasteiger partial charge in [-0.1, -0.05) is 30.3 Å². The first-order valence-electron chi connectivity index (χ1n) is 10.6. The number of hydrogen-bond acceptors (Lipinski definition) is 5. The maximum Gasteiger partial charge on any atom is 0.295 e. The minimum absolute atomic E-state index is 0.0292. The van der Waals surface area contributed by atoms with Gasteiger partial charge in [-0.15, -0.1) is 0 Å². The van der Waals surface area contributed by atoms with Crippen molar-refractivity contribution in [1.29, 1.82) is 0 Å². The summed E-state index contributed by atoms with van der Waals surface area (Å²) in [5.41, 5.74) is 1.51. The number of carbonyl (C=O) groups excluding carboxylic acids is 2. The SMILES string of the molecule is CCOc1ccc(C(O)=C2C(=O)C(=O)N(CCc3ccccc3)[C@H]2c2ccc(C)o2)cc1. The number of Topliss-reactive ketones (excluding diaryl/α,β-unsaturated/α-hetero) is 1. The molecule has 2 aromatic carbocycles. The molecule has 1 amide bonds. The van der Waals surface area contributed by atoms with Crippen molar-refractivity contribution >= 4 is 17.4 Å². The summed E-state index contributed by atoms with van der Waals surface area (Å²) in [5, 5.41) is 11.1. The molecule has 1 saturated heterocycles. The van der Waals surface area contributed by atoms with E-state index in [-0.39, 0.29) is 11.3 Å². The Morgan fingerprint density at radius 1 is 1.03 bits per heavy atom. The molecule has 6 heteroatoms. The second-order valence-corrected chi connectivity index (χ2v) is 7.63. The van der Waals surface area contributed by atoms with Gasteiger partial charge in [-0.2, -0.15) is 0 Å². The number of rotatable bonds is 7. The van der Waals surface area contributed by atoms with E-state index in [1.165, 1.54) is 4.90 Å². The van der Waals surface area contributed by atoms with Crippen LogP contribution in [0.2, 0.25) is 0 Å². The lowest BCUT2D eigenvalue weighted by Crippen LogP contribution is -2.31. The van der Waals surface area contributed by atoms with Crippen LogP contribution in [0.25, 0.3) is 5.76 Å². The maximum absolute atomic E-state index is 13.0. The molecule has 164 valence electrons. The zero-order valence-electron chi connectivity index (χ0n) is 18.1. The smallest absolute Gasteiger partial charge is 0.295 e. The van der Waals surface area contributed by atoms with Gasteiger partial charge in [-0.25, -0.2) is 0 Å². The van der Waals surface area contributed by atoms with E-state index >= 15 is 0 Å². The van der Waals surface area contributed by atoms with Crippen LogP contribution >= 0.6 is 0 Å². The first kappa shape index (κ1) is 21.4. The highest BCUT2D eigenvalue weighted by Gasteiger charge is 2.47. The quantitative estimate of drug-likeness (QED) is 0.335. The molecule has 1 atom stereocenters. The van der Waals surface area contributed by atoms with Crippen molar-refractivity contribution in [3.8, 4) is 5.75 Å². The number of aliphatic hydroxyl groups excluding tert-OH is 1. The summed E-state index contributed by atoms with van der Waals surface area (Å²) in [5.74, 6) is 0.172. The molecule has 4 rings (SSSR count). The molecule has 1 aliphatic rings. The van der Waals surface area contributed by atoms with Gasteiger partial charge in [0.05, 0.1) is 12.2 Å². The average molecular weight is 431 g/mol. The van der Waals surface area contributed by atoms with Crippen LogP contribution in [-0.4, -0.2) is 34.8 Å². The van der Waals surface area contributed by atoms with E-state index in [4.69, 9.17) is 9.15 Å². The fourth-order valence-corrected chi connectivity index (χ4v) is 3.93. The average Bonchev–Trinajstić information content (AvgIpc) is 3.34. The lowest BCUT2D eigenvalue weighted by Gasteiger charge is -2.23. The molecule has 2 heterocycles. The van der Waals surface area contributed by atoms with E-state index in [0.29, 0.717) is 42.4 Å². The Hall–Kier alpha value is -3.80. The second kappa shape index (κ2) is 9.14. The second-order valence-electron chi connectivity index (χ2n) is 7.63. The highest BCUT2D eigenvalue weighted by molar-refractivity contribution is 6.46. The number of ketones is 1. The summed E-state index contributed by atoms with van der Waals surface area (Å²) in [6, 6.07) is 19.3. The minimum atomic E-state index is -0.793. The van der Waals surface area contributed by atoms with Crippen molar-refractivity contribution in [2.24, 2.45) is 0 Å². The third-order valence-electron chi connectivity index (χ3n) is 5.49. The summed E-state index contributed by atoms with van der Waals surface area (Å²) >= 11 is 0. The molecule has 1 aromatic heterocycles. The molecule has 0 spiro atoms. The van der Waals surface area contributed by atoms with Crippen LogP contribution in [0, 0.1) is 6.92 Å². The Bertz CT molecular complexity index is 1140. The molecule has 1 N–H and O–H groups in total. The summed E-state index contributed by atoms with van der Waals surface area (Å²) < 4.78 is 11.2. The van der Waals surface area contributed by atoms with E-state index in [2.05, 4.69) is 0 Å². The summed E-state index contributed by atoms with van der Waals surface area (Å²) in [4.78, 5) is 27.5. The van der Waals surface area contributed by atoms with E-state index in [1.54, 1.807) is 43.3 Å². The van der Waals surface area contributed by atoms with Gasteiger partial charge in [0.25, 0.3) is 11.7 Å². The van der Waals surface area contributed by atoms with Gasteiger partial charge < -0.3 is 19.2 Å². The molecule has 1 aliphatic heterocycles. The Balaban J connectivity index is 1.73. The van der Waals surface area contributed by atoms with Crippen LogP contribution in [0.5, 0.6) is 5.75 Å². The van der Waals surface area contributed by atoms with Crippen molar-refractivity contribution < 1.29 is 23.8 Å². The summed E-state index contributed by atoms with van der Waals surface area (Å²) in [7, 11) is 0. The highest BCUT2D eigenvalue weighted by atomic mass is 16.5. The molecule has 1 fully saturated rings. The molecule has 0 aliphatic carbocycles. The van der Waals surface area contributed by atoms with Crippen molar-refractivity contribution in [2.75, 3.05) is 13.2 Å². The van der Waals surface area contributed by atoms with E-state index < -0.39 is 17.7 Å². The Morgan fingerprint density at radius 3 is 2.38 bits per heavy atom. The van der Waals surface area contributed by atoms with Crippen LogP contribution in [0.3, 0.4) is 0 Å². The molecule has 3 aromatic rings. The van der Waals surface area contributed by atoms with E-state index in [1.807, 2.05) is 37.3 Å². The minimum Gasteiger partial charge on any atom is -0.507 e. The number of ether oxygens (including phenoxy) is 1. The van der Waals surface area contributed by atoms with Gasteiger partial charge in [-0.3, -0.25) is 9.59 Å². The van der Waals surface area contributed by atoms with Gasteiger partial charge in [-0.05, 0) is 62.2 Å². The topological polar surface area (TPSA) is 80.0 Å². The van der Waals surface area contributed by atoms with Crippen molar-refractivity contribution in [2.45, 2.75) is 26.3 Å². The summed E-state index contributed by atoms with van der Waals surface area (Å²) in [6.45, 7) is 4.52. The van der Waals surface area contributed by atoms with Gasteiger partial charge in [0, 0.05) is 12.1 Å². The first-order valence-corrected chi connectivity index (χ1v) is 10.6. The third-order valence-corrected chi connectivity index (χ3v) is 5.49. The molecule has 0 bridgehead atoms. The largest absolute Gasteiger partial charge is 0.507 e. The fraction of sp³-hybridized carbons (Fsp3) is 0.231. The molecule has 0 radical (unpaired) electrons. The molecule has 0 unspecified atom stereocenters. The molecular formula is C26H25NO5. The summed E-state index contributed by atoms with van der Waals surface area (Å²) in [6.07, 6.45) is 0.577.